The lowest BCUT2D eigenvalue weighted by molar-refractivity contribution is -0.898. The summed E-state index contributed by atoms with van der Waals surface area (Å²) in [7, 11) is 6.19. The van der Waals surface area contributed by atoms with Crippen LogP contribution in [0.1, 0.15) is 20.3 Å². The molecule has 0 aliphatic carbocycles. The zero-order valence-corrected chi connectivity index (χ0v) is 13.3. The van der Waals surface area contributed by atoms with Crippen molar-refractivity contribution in [1.29, 1.82) is 0 Å². The lowest BCUT2D eigenvalue weighted by Gasteiger charge is -2.33. The van der Waals surface area contributed by atoms with E-state index in [1.807, 2.05) is 0 Å². The van der Waals surface area contributed by atoms with Crippen LogP contribution < -0.4 is 23.5 Å². The van der Waals surface area contributed by atoms with Gasteiger partial charge in [0.1, 0.15) is 0 Å². The molecule has 3 N–H and O–H groups in total. The van der Waals surface area contributed by atoms with Crippen molar-refractivity contribution in [2.24, 2.45) is 5.73 Å². The minimum absolute atomic E-state index is 0. The Labute approximate surface area is 122 Å². The van der Waals surface area contributed by atoms with Crippen LogP contribution in [-0.2, 0) is 9.59 Å². The van der Waals surface area contributed by atoms with Crippen molar-refractivity contribution < 1.29 is 26.5 Å². The summed E-state index contributed by atoms with van der Waals surface area (Å²) in [6, 6.07) is 0. The van der Waals surface area contributed by atoms with Crippen molar-refractivity contribution >= 4 is 11.8 Å². The highest BCUT2D eigenvalue weighted by Gasteiger charge is 2.23. The minimum Gasteiger partial charge on any atom is -1.00 e. The molecule has 0 saturated heterocycles. The molecule has 2 amide bonds. The summed E-state index contributed by atoms with van der Waals surface area (Å²) in [4.78, 5) is 20.8. The number of halogens is 1. The summed E-state index contributed by atoms with van der Waals surface area (Å²) in [6.45, 7) is 10.5. The Bertz CT molecular complexity index is 322. The quantitative estimate of drug-likeness (QED) is 0.342. The van der Waals surface area contributed by atoms with Gasteiger partial charge in [0.05, 0.1) is 21.1 Å². The van der Waals surface area contributed by atoms with Gasteiger partial charge in [-0.2, -0.15) is 0 Å². The van der Waals surface area contributed by atoms with Gasteiger partial charge in [0.25, 0.3) is 5.91 Å². The van der Waals surface area contributed by atoms with E-state index in [0.29, 0.717) is 5.57 Å². The van der Waals surface area contributed by atoms with Crippen LogP contribution in [0.4, 0.5) is 0 Å². The summed E-state index contributed by atoms with van der Waals surface area (Å²) in [6.07, 6.45) is 2.13. The summed E-state index contributed by atoms with van der Waals surface area (Å²) in [5.74, 6) is -0.537. The highest BCUT2D eigenvalue weighted by molar-refractivity contribution is 5.92. The molecule has 5 nitrogen and oxygen atoms in total. The first-order valence-corrected chi connectivity index (χ1v) is 5.75. The lowest BCUT2D eigenvalue weighted by Crippen LogP contribution is -3.00. The molecule has 0 spiro atoms. The Morgan fingerprint density at radius 3 is 1.89 bits per heavy atom. The smallest absolute Gasteiger partial charge is 0.250 e. The molecule has 19 heavy (non-hydrogen) atoms. The van der Waals surface area contributed by atoms with E-state index in [1.54, 1.807) is 6.92 Å². The SMILES string of the molecule is C=C(C)C(=O)NC(CC)[N+](C)(C)C.C=CC(N)=O.[Cl-]. The second kappa shape index (κ2) is 10.6. The molecule has 0 fully saturated rings. The molecule has 6 heteroatoms. The maximum absolute atomic E-state index is 11.3. The highest BCUT2D eigenvalue weighted by atomic mass is 35.5. The average molecular weight is 292 g/mol. The Kier molecular flexibility index (Phi) is 12.7. The fourth-order valence-corrected chi connectivity index (χ4v) is 1.12. The topological polar surface area (TPSA) is 72.2 Å². The number of quaternary nitrogens is 1. The zero-order valence-electron chi connectivity index (χ0n) is 12.5. The Morgan fingerprint density at radius 1 is 1.37 bits per heavy atom. The number of hydrogen-bond acceptors (Lipinski definition) is 2. The maximum atomic E-state index is 11.3. The van der Waals surface area contributed by atoms with Crippen LogP contribution in [-0.4, -0.2) is 43.6 Å². The Morgan fingerprint density at radius 2 is 1.74 bits per heavy atom. The van der Waals surface area contributed by atoms with Crippen LogP contribution >= 0.6 is 0 Å². The van der Waals surface area contributed by atoms with Crippen LogP contribution in [0.15, 0.2) is 24.8 Å². The molecular weight excluding hydrogens is 266 g/mol. The third-order valence-electron chi connectivity index (χ3n) is 2.21. The zero-order chi connectivity index (χ0) is 14.9. The van der Waals surface area contributed by atoms with E-state index < -0.39 is 5.91 Å². The summed E-state index contributed by atoms with van der Waals surface area (Å²) in [5, 5.41) is 2.94. The molecule has 0 bridgehead atoms. The molecule has 0 aliphatic heterocycles. The predicted octanol–water partition coefficient (Wildman–Crippen LogP) is -2.22. The summed E-state index contributed by atoms with van der Waals surface area (Å²) in [5.41, 5.74) is 5.10. The monoisotopic (exact) mass is 291 g/mol. The molecule has 0 rings (SSSR count). The van der Waals surface area contributed by atoms with E-state index in [0.717, 1.165) is 17.0 Å². The standard InChI is InChI=1S/C10H20N2O.C3H5NO.ClH/c1-7-9(12(4,5)6)11-10(13)8(2)3;1-2-3(4)5;/h9H,2,7H2,1,3-6H3;2H,1H2,(H2,4,5);1H. The first-order chi connectivity index (χ1) is 8.06. The van der Waals surface area contributed by atoms with E-state index in [2.05, 4.69) is 52.3 Å². The molecule has 1 unspecified atom stereocenters. The van der Waals surface area contributed by atoms with Crippen molar-refractivity contribution in [3.05, 3.63) is 24.8 Å². The number of rotatable bonds is 5. The number of nitrogens with zero attached hydrogens (tertiary/aromatic N) is 1. The third-order valence-corrected chi connectivity index (χ3v) is 2.21. The number of carbonyl (C=O) groups excluding carboxylic acids is 2. The molecule has 0 aromatic heterocycles. The van der Waals surface area contributed by atoms with Crippen molar-refractivity contribution in [2.75, 3.05) is 21.1 Å². The van der Waals surface area contributed by atoms with Gasteiger partial charge in [0.2, 0.25) is 5.91 Å². The van der Waals surface area contributed by atoms with Gasteiger partial charge in [-0.3, -0.25) is 9.59 Å². The Balaban J connectivity index is -0.000000366. The maximum Gasteiger partial charge on any atom is 0.250 e. The van der Waals surface area contributed by atoms with Gasteiger partial charge in [0.15, 0.2) is 6.17 Å². The average Bonchev–Trinajstić information content (AvgIpc) is 2.24. The molecule has 0 heterocycles. The first-order valence-electron chi connectivity index (χ1n) is 5.75. The molecule has 1 atom stereocenters. The fourth-order valence-electron chi connectivity index (χ4n) is 1.12. The van der Waals surface area contributed by atoms with Crippen LogP contribution in [0, 0.1) is 0 Å². The van der Waals surface area contributed by atoms with Gasteiger partial charge in [-0.1, -0.05) is 20.1 Å². The number of amides is 2. The highest BCUT2D eigenvalue weighted by Crippen LogP contribution is 2.04. The van der Waals surface area contributed by atoms with Crippen LogP contribution in [0.25, 0.3) is 0 Å². The van der Waals surface area contributed by atoms with E-state index in [9.17, 15) is 9.59 Å². The van der Waals surface area contributed by atoms with Crippen molar-refractivity contribution in [3.63, 3.8) is 0 Å². The summed E-state index contributed by atoms with van der Waals surface area (Å²) >= 11 is 0. The van der Waals surface area contributed by atoms with Crippen molar-refractivity contribution in [2.45, 2.75) is 26.4 Å². The Hall–Kier alpha value is -1.33. The van der Waals surface area contributed by atoms with Crippen LogP contribution in [0.2, 0.25) is 0 Å². The van der Waals surface area contributed by atoms with Crippen LogP contribution in [0.3, 0.4) is 0 Å². The molecule has 0 aliphatic rings. The van der Waals surface area contributed by atoms with Crippen LogP contribution in [0.5, 0.6) is 0 Å². The number of nitrogens with one attached hydrogen (secondary N) is 1. The lowest BCUT2D eigenvalue weighted by atomic mass is 10.2. The van der Waals surface area contributed by atoms with E-state index in [-0.39, 0.29) is 24.5 Å². The largest absolute Gasteiger partial charge is 1.00 e. The van der Waals surface area contributed by atoms with E-state index in [4.69, 9.17) is 0 Å². The number of nitrogens with two attached hydrogens (primary N) is 1. The minimum atomic E-state index is -0.481. The molecule has 0 radical (unpaired) electrons. The van der Waals surface area contributed by atoms with Gasteiger partial charge < -0.3 is 27.9 Å². The van der Waals surface area contributed by atoms with E-state index in [1.165, 1.54) is 0 Å². The van der Waals surface area contributed by atoms with Gasteiger partial charge in [-0.15, -0.1) is 0 Å². The van der Waals surface area contributed by atoms with Gasteiger partial charge >= 0.3 is 0 Å². The normalized spacial score (nSPS) is 11.0. The summed E-state index contributed by atoms with van der Waals surface area (Å²) < 4.78 is 0.732. The van der Waals surface area contributed by atoms with Gasteiger partial charge in [-0.25, -0.2) is 0 Å². The molecule has 112 valence electrons. The van der Waals surface area contributed by atoms with Gasteiger partial charge in [0, 0.05) is 12.0 Å². The van der Waals surface area contributed by atoms with Crippen molar-refractivity contribution in [1.82, 2.24) is 5.32 Å². The molecular formula is C13H26ClN3O2. The molecule has 0 aromatic carbocycles. The number of primary amides is 1. The van der Waals surface area contributed by atoms with Gasteiger partial charge in [-0.05, 0) is 13.0 Å². The van der Waals surface area contributed by atoms with E-state index >= 15 is 0 Å². The number of carbonyl (C=O) groups is 2. The second-order valence-corrected chi connectivity index (χ2v) is 4.90. The second-order valence-electron chi connectivity index (χ2n) is 4.90. The first kappa shape index (κ1) is 22.8. The van der Waals surface area contributed by atoms with Crippen molar-refractivity contribution in [3.8, 4) is 0 Å². The molecule has 0 saturated carbocycles. The fraction of sp³-hybridized carbons (Fsp3) is 0.538. The number of hydrogen-bond donors (Lipinski definition) is 2. The predicted molar refractivity (Wildman–Crippen MR) is 74.5 cm³/mol. The molecule has 0 aromatic rings. The third kappa shape index (κ3) is 12.9.